The van der Waals surface area contributed by atoms with Gasteiger partial charge in [0.2, 0.25) is 0 Å². The number of fused-ring (bicyclic) bond motifs is 1. The van der Waals surface area contributed by atoms with Crippen LogP contribution < -0.4 is 0 Å². The Morgan fingerprint density at radius 1 is 1.20 bits per heavy atom. The van der Waals surface area contributed by atoms with Gasteiger partial charge in [0, 0.05) is 10.3 Å². The predicted molar refractivity (Wildman–Crippen MR) is 82.2 cm³/mol. The average molecular weight is 290 g/mol. The van der Waals surface area contributed by atoms with Crippen molar-refractivity contribution in [1.29, 1.82) is 0 Å². The van der Waals surface area contributed by atoms with E-state index in [0.717, 1.165) is 28.5 Å². The van der Waals surface area contributed by atoms with E-state index in [1.807, 2.05) is 30.3 Å². The van der Waals surface area contributed by atoms with Gasteiger partial charge in [-0.1, -0.05) is 37.6 Å². The molecule has 0 amide bonds. The zero-order chi connectivity index (χ0) is 14.4. The third-order valence-electron chi connectivity index (χ3n) is 2.97. The van der Waals surface area contributed by atoms with E-state index in [2.05, 4.69) is 6.92 Å². The molecule has 3 nitrogen and oxygen atoms in total. The molecule has 1 N–H and O–H groups in total. The number of phenols is 1. The SMILES string of the molecule is CCCCOC(=O)CSc1ccc(O)c2ccccc12. The summed E-state index contributed by atoms with van der Waals surface area (Å²) < 4.78 is 5.13. The maximum atomic E-state index is 11.6. The van der Waals surface area contributed by atoms with Crippen molar-refractivity contribution in [3.8, 4) is 5.75 Å². The van der Waals surface area contributed by atoms with Crippen LogP contribution in [0.5, 0.6) is 5.75 Å². The van der Waals surface area contributed by atoms with Crippen molar-refractivity contribution < 1.29 is 14.6 Å². The monoisotopic (exact) mass is 290 g/mol. The summed E-state index contributed by atoms with van der Waals surface area (Å²) in [4.78, 5) is 12.6. The Bertz CT molecular complexity index is 595. The van der Waals surface area contributed by atoms with Crippen LogP contribution in [0.4, 0.5) is 0 Å². The Balaban J connectivity index is 2.03. The van der Waals surface area contributed by atoms with Crippen LogP contribution in [0.2, 0.25) is 0 Å². The van der Waals surface area contributed by atoms with E-state index >= 15 is 0 Å². The second-order valence-electron chi connectivity index (χ2n) is 4.49. The fourth-order valence-corrected chi connectivity index (χ4v) is 2.74. The Labute approximate surface area is 122 Å². The predicted octanol–water partition coefficient (Wildman–Crippen LogP) is 3.98. The molecule has 0 spiro atoms. The van der Waals surface area contributed by atoms with Gasteiger partial charge in [0.1, 0.15) is 5.75 Å². The van der Waals surface area contributed by atoms with Crippen molar-refractivity contribution in [3.05, 3.63) is 36.4 Å². The molecule has 0 aliphatic carbocycles. The first-order valence-electron chi connectivity index (χ1n) is 6.71. The molecular weight excluding hydrogens is 272 g/mol. The van der Waals surface area contributed by atoms with Crippen LogP contribution in [-0.4, -0.2) is 23.4 Å². The number of benzene rings is 2. The molecule has 0 aliphatic rings. The van der Waals surface area contributed by atoms with E-state index in [9.17, 15) is 9.90 Å². The number of aromatic hydroxyl groups is 1. The van der Waals surface area contributed by atoms with E-state index in [-0.39, 0.29) is 11.7 Å². The smallest absolute Gasteiger partial charge is 0.316 e. The van der Waals surface area contributed by atoms with Gasteiger partial charge < -0.3 is 9.84 Å². The number of phenolic OH excluding ortho intramolecular Hbond substituents is 1. The minimum absolute atomic E-state index is 0.194. The minimum Gasteiger partial charge on any atom is -0.507 e. The van der Waals surface area contributed by atoms with E-state index in [4.69, 9.17) is 4.74 Å². The van der Waals surface area contributed by atoms with Crippen LogP contribution in [0.25, 0.3) is 10.8 Å². The molecule has 0 saturated carbocycles. The van der Waals surface area contributed by atoms with Crippen LogP contribution in [0.15, 0.2) is 41.3 Å². The summed E-state index contributed by atoms with van der Waals surface area (Å²) >= 11 is 1.44. The molecule has 0 saturated heterocycles. The summed E-state index contributed by atoms with van der Waals surface area (Å²) in [6, 6.07) is 11.1. The average Bonchev–Trinajstić information content (AvgIpc) is 2.47. The fourth-order valence-electron chi connectivity index (χ4n) is 1.89. The molecule has 2 aromatic rings. The molecule has 0 radical (unpaired) electrons. The molecule has 0 atom stereocenters. The summed E-state index contributed by atoms with van der Waals surface area (Å²) in [7, 11) is 0. The van der Waals surface area contributed by atoms with Gasteiger partial charge in [-0.2, -0.15) is 0 Å². The molecule has 0 bridgehead atoms. The molecule has 0 heterocycles. The fraction of sp³-hybridized carbons (Fsp3) is 0.312. The zero-order valence-electron chi connectivity index (χ0n) is 11.5. The third kappa shape index (κ3) is 3.67. The molecular formula is C16H18O3S. The quantitative estimate of drug-likeness (QED) is 0.496. The lowest BCUT2D eigenvalue weighted by Crippen LogP contribution is -2.08. The summed E-state index contributed by atoms with van der Waals surface area (Å²) in [5.41, 5.74) is 0. The van der Waals surface area contributed by atoms with Gasteiger partial charge >= 0.3 is 5.97 Å². The van der Waals surface area contributed by atoms with E-state index in [1.165, 1.54) is 11.8 Å². The number of rotatable bonds is 6. The van der Waals surface area contributed by atoms with Crippen LogP contribution in [0, 0.1) is 0 Å². The van der Waals surface area contributed by atoms with E-state index < -0.39 is 0 Å². The maximum Gasteiger partial charge on any atom is 0.316 e. The number of esters is 1. The molecule has 2 rings (SSSR count). The van der Waals surface area contributed by atoms with Crippen molar-refractivity contribution in [2.45, 2.75) is 24.7 Å². The van der Waals surface area contributed by atoms with Crippen molar-refractivity contribution in [3.63, 3.8) is 0 Å². The first-order chi connectivity index (χ1) is 9.72. The van der Waals surface area contributed by atoms with E-state index in [0.29, 0.717) is 12.4 Å². The lowest BCUT2D eigenvalue weighted by Gasteiger charge is -2.08. The van der Waals surface area contributed by atoms with Crippen molar-refractivity contribution in [2.75, 3.05) is 12.4 Å². The van der Waals surface area contributed by atoms with Gasteiger partial charge in [-0.15, -0.1) is 11.8 Å². The van der Waals surface area contributed by atoms with Crippen molar-refractivity contribution >= 4 is 28.5 Å². The second-order valence-corrected chi connectivity index (χ2v) is 5.51. The number of carbonyl (C=O) groups is 1. The third-order valence-corrected chi connectivity index (χ3v) is 4.01. The highest BCUT2D eigenvalue weighted by Gasteiger charge is 2.08. The van der Waals surface area contributed by atoms with E-state index in [1.54, 1.807) is 6.07 Å². The normalized spacial score (nSPS) is 10.7. The molecule has 0 fully saturated rings. The number of hydrogen-bond donors (Lipinski definition) is 1. The Hall–Kier alpha value is -1.68. The van der Waals surface area contributed by atoms with Crippen LogP contribution >= 0.6 is 11.8 Å². The number of hydrogen-bond acceptors (Lipinski definition) is 4. The number of ether oxygens (including phenoxy) is 1. The number of carbonyl (C=O) groups excluding carboxylic acids is 1. The topological polar surface area (TPSA) is 46.5 Å². The lowest BCUT2D eigenvalue weighted by molar-refractivity contribution is -0.140. The second kappa shape index (κ2) is 7.20. The first-order valence-corrected chi connectivity index (χ1v) is 7.70. The summed E-state index contributed by atoms with van der Waals surface area (Å²) in [6.45, 7) is 2.55. The molecule has 0 aliphatic heterocycles. The molecule has 106 valence electrons. The summed E-state index contributed by atoms with van der Waals surface area (Å²) in [6.07, 6.45) is 1.92. The zero-order valence-corrected chi connectivity index (χ0v) is 12.3. The highest BCUT2D eigenvalue weighted by atomic mass is 32.2. The van der Waals surface area contributed by atoms with Crippen LogP contribution in [0.1, 0.15) is 19.8 Å². The Morgan fingerprint density at radius 2 is 1.95 bits per heavy atom. The van der Waals surface area contributed by atoms with Crippen molar-refractivity contribution in [1.82, 2.24) is 0 Å². The molecule has 20 heavy (non-hydrogen) atoms. The lowest BCUT2D eigenvalue weighted by atomic mass is 10.1. The Kier molecular flexibility index (Phi) is 5.30. The van der Waals surface area contributed by atoms with Gasteiger partial charge in [0.05, 0.1) is 12.4 Å². The van der Waals surface area contributed by atoms with Gasteiger partial charge in [-0.25, -0.2) is 0 Å². The maximum absolute atomic E-state index is 11.6. The van der Waals surface area contributed by atoms with Gasteiger partial charge in [0.15, 0.2) is 0 Å². The minimum atomic E-state index is -0.194. The largest absolute Gasteiger partial charge is 0.507 e. The highest BCUT2D eigenvalue weighted by Crippen LogP contribution is 2.33. The molecule has 4 heteroatoms. The highest BCUT2D eigenvalue weighted by molar-refractivity contribution is 8.00. The summed E-state index contributed by atoms with van der Waals surface area (Å²) in [5, 5.41) is 11.6. The first kappa shape index (κ1) is 14.7. The molecule has 0 unspecified atom stereocenters. The van der Waals surface area contributed by atoms with Crippen LogP contribution in [0.3, 0.4) is 0 Å². The molecule has 2 aromatic carbocycles. The number of thioether (sulfide) groups is 1. The van der Waals surface area contributed by atoms with Gasteiger partial charge in [0.25, 0.3) is 0 Å². The van der Waals surface area contributed by atoms with Gasteiger partial charge in [-0.05, 0) is 23.9 Å². The molecule has 0 aromatic heterocycles. The summed E-state index contributed by atoms with van der Waals surface area (Å²) in [5.74, 6) is 0.356. The Morgan fingerprint density at radius 3 is 2.70 bits per heavy atom. The van der Waals surface area contributed by atoms with Gasteiger partial charge in [-0.3, -0.25) is 4.79 Å². The standard InChI is InChI=1S/C16H18O3S/c1-2-3-10-19-16(18)11-20-15-9-8-14(17)12-6-4-5-7-13(12)15/h4-9,17H,2-3,10-11H2,1H3. The van der Waals surface area contributed by atoms with Crippen LogP contribution in [-0.2, 0) is 9.53 Å². The number of unbranched alkanes of at least 4 members (excludes halogenated alkanes) is 1. The van der Waals surface area contributed by atoms with Crippen molar-refractivity contribution in [2.24, 2.45) is 0 Å².